The lowest BCUT2D eigenvalue weighted by Gasteiger charge is -2.27. The number of carbonyl (C=O) groups is 2. The van der Waals surface area contributed by atoms with Gasteiger partial charge in [-0.3, -0.25) is 9.59 Å². The number of carboxylic acid groups (broad SMARTS) is 1. The van der Waals surface area contributed by atoms with Gasteiger partial charge in [0.25, 0.3) is 0 Å². The van der Waals surface area contributed by atoms with Gasteiger partial charge in [-0.15, -0.1) is 0 Å². The molecule has 1 aliphatic rings. The molecule has 2 aromatic carbocycles. The zero-order valence-electron chi connectivity index (χ0n) is 18.5. The van der Waals surface area contributed by atoms with Crippen molar-refractivity contribution < 1.29 is 19.4 Å². The smallest absolute Gasteiger partial charge is 0.307 e. The van der Waals surface area contributed by atoms with Crippen molar-refractivity contribution in [2.24, 2.45) is 0 Å². The number of aliphatic carboxylic acids is 1. The minimum absolute atomic E-state index is 0.272. The molecule has 3 rings (SSSR count). The second-order valence-corrected chi connectivity index (χ2v) is 7.80. The monoisotopic (exact) mass is 430 g/mol. The second-order valence-electron chi connectivity index (χ2n) is 7.80. The van der Waals surface area contributed by atoms with Crippen LogP contribution in [-0.2, 0) is 16.0 Å². The summed E-state index contributed by atoms with van der Waals surface area (Å²) >= 11 is 0. The topological polar surface area (TPSA) is 90.6 Å². The molecule has 0 saturated carbocycles. The van der Waals surface area contributed by atoms with E-state index in [2.05, 4.69) is 6.07 Å². The maximum atomic E-state index is 11.7. The van der Waals surface area contributed by atoms with E-state index >= 15 is 0 Å². The standard InChI is InChI=1S/C26H26N2O4/c1-17(16-29)23(14-25(30)31)26(21-8-11-24-20(13-21)5-4-12-32-24)18(2)28(3)22-9-6-19(15-27)7-10-22/h6-11,13,16H,4-5,12,14H2,1-3H3,(H,30,31)/b23-17-,26-18?. The fraction of sp³-hybridized carbons (Fsp3) is 0.269. The van der Waals surface area contributed by atoms with E-state index in [9.17, 15) is 14.7 Å². The van der Waals surface area contributed by atoms with Crippen LogP contribution in [0.2, 0.25) is 0 Å². The molecule has 0 spiro atoms. The van der Waals surface area contributed by atoms with Gasteiger partial charge in [-0.2, -0.15) is 5.26 Å². The summed E-state index contributed by atoms with van der Waals surface area (Å²) in [5.41, 5.74) is 5.66. The SMILES string of the molecule is CC(=C(/C(CC(=O)O)=C(/C)C=O)c1ccc2c(c1)CCCO2)N(C)c1ccc(C#N)cc1. The summed E-state index contributed by atoms with van der Waals surface area (Å²) in [7, 11) is 1.88. The molecule has 32 heavy (non-hydrogen) atoms. The molecule has 0 radical (unpaired) electrons. The van der Waals surface area contributed by atoms with Crippen molar-refractivity contribution in [3.63, 3.8) is 0 Å². The predicted octanol–water partition coefficient (Wildman–Crippen LogP) is 4.74. The van der Waals surface area contributed by atoms with Crippen molar-refractivity contribution in [3.8, 4) is 11.8 Å². The summed E-state index contributed by atoms with van der Waals surface area (Å²) in [6, 6.07) is 15.1. The summed E-state index contributed by atoms with van der Waals surface area (Å²) in [6.07, 6.45) is 2.23. The number of anilines is 1. The van der Waals surface area contributed by atoms with Crippen molar-refractivity contribution in [2.45, 2.75) is 33.1 Å². The Kier molecular flexibility index (Phi) is 7.11. The van der Waals surface area contributed by atoms with Crippen LogP contribution in [0.15, 0.2) is 59.3 Å². The molecule has 0 unspecified atom stereocenters. The summed E-state index contributed by atoms with van der Waals surface area (Å²) in [5.74, 6) is -0.165. The minimum atomic E-state index is -1.01. The Balaban J connectivity index is 2.21. The first-order valence-corrected chi connectivity index (χ1v) is 10.4. The highest BCUT2D eigenvalue weighted by molar-refractivity contribution is 5.94. The third-order valence-corrected chi connectivity index (χ3v) is 5.73. The van der Waals surface area contributed by atoms with Gasteiger partial charge < -0.3 is 14.7 Å². The highest BCUT2D eigenvalue weighted by Gasteiger charge is 2.22. The lowest BCUT2D eigenvalue weighted by Crippen LogP contribution is -2.18. The molecule has 0 fully saturated rings. The number of hydrogen-bond donors (Lipinski definition) is 1. The maximum Gasteiger partial charge on any atom is 0.307 e. The van der Waals surface area contributed by atoms with Gasteiger partial charge in [0.2, 0.25) is 0 Å². The fourth-order valence-electron chi connectivity index (χ4n) is 3.89. The number of benzene rings is 2. The van der Waals surface area contributed by atoms with Crippen LogP contribution in [0.3, 0.4) is 0 Å². The predicted molar refractivity (Wildman–Crippen MR) is 123 cm³/mol. The zero-order valence-corrected chi connectivity index (χ0v) is 18.5. The van der Waals surface area contributed by atoms with Crippen LogP contribution in [0, 0.1) is 11.3 Å². The van der Waals surface area contributed by atoms with E-state index in [0.717, 1.165) is 41.1 Å². The number of aldehydes is 1. The molecular formula is C26H26N2O4. The number of allylic oxidation sites excluding steroid dienone is 3. The van der Waals surface area contributed by atoms with E-state index < -0.39 is 5.97 Å². The zero-order chi connectivity index (χ0) is 23.3. The van der Waals surface area contributed by atoms with Crippen LogP contribution >= 0.6 is 0 Å². The molecule has 6 nitrogen and oxygen atoms in total. The van der Waals surface area contributed by atoms with Crippen molar-refractivity contribution in [2.75, 3.05) is 18.6 Å². The lowest BCUT2D eigenvalue weighted by molar-refractivity contribution is -0.136. The van der Waals surface area contributed by atoms with E-state index in [0.29, 0.717) is 35.2 Å². The molecular weight excluding hydrogens is 404 g/mol. The molecule has 1 N–H and O–H groups in total. The van der Waals surface area contributed by atoms with Crippen molar-refractivity contribution >= 4 is 23.5 Å². The summed E-state index contributed by atoms with van der Waals surface area (Å²) < 4.78 is 5.74. The van der Waals surface area contributed by atoms with E-state index in [-0.39, 0.29) is 6.42 Å². The highest BCUT2D eigenvalue weighted by atomic mass is 16.5. The summed E-state index contributed by atoms with van der Waals surface area (Å²) in [5, 5.41) is 18.7. The van der Waals surface area contributed by atoms with E-state index in [1.54, 1.807) is 19.1 Å². The van der Waals surface area contributed by atoms with E-state index in [4.69, 9.17) is 10.00 Å². The Morgan fingerprint density at radius 1 is 1.22 bits per heavy atom. The van der Waals surface area contributed by atoms with Crippen molar-refractivity contribution in [1.82, 2.24) is 0 Å². The van der Waals surface area contributed by atoms with Crippen LogP contribution < -0.4 is 9.64 Å². The number of hydrogen-bond acceptors (Lipinski definition) is 5. The van der Waals surface area contributed by atoms with Crippen LogP contribution in [0.5, 0.6) is 5.75 Å². The first kappa shape index (κ1) is 22.8. The number of nitriles is 1. The molecule has 6 heteroatoms. The fourth-order valence-corrected chi connectivity index (χ4v) is 3.89. The van der Waals surface area contributed by atoms with Gasteiger partial charge in [0.1, 0.15) is 12.0 Å². The van der Waals surface area contributed by atoms with Gasteiger partial charge >= 0.3 is 5.97 Å². The summed E-state index contributed by atoms with van der Waals surface area (Å²) in [6.45, 7) is 4.23. The Bertz CT molecular complexity index is 1140. The van der Waals surface area contributed by atoms with Crippen LogP contribution in [0.4, 0.5) is 5.69 Å². The number of rotatable bonds is 7. The molecule has 0 aromatic heterocycles. The second kappa shape index (κ2) is 9.97. The molecule has 2 aromatic rings. The molecule has 164 valence electrons. The van der Waals surface area contributed by atoms with Crippen LogP contribution in [0.25, 0.3) is 5.57 Å². The van der Waals surface area contributed by atoms with Gasteiger partial charge in [-0.1, -0.05) is 6.07 Å². The average molecular weight is 431 g/mol. The molecule has 0 bridgehead atoms. The largest absolute Gasteiger partial charge is 0.493 e. The van der Waals surface area contributed by atoms with E-state index in [1.807, 2.05) is 49.2 Å². The third-order valence-electron chi connectivity index (χ3n) is 5.73. The molecule has 0 saturated heterocycles. The molecule has 0 atom stereocenters. The Labute approximate surface area is 188 Å². The highest BCUT2D eigenvalue weighted by Crippen LogP contribution is 2.36. The molecule has 0 amide bonds. The summed E-state index contributed by atoms with van der Waals surface area (Å²) in [4.78, 5) is 25.3. The van der Waals surface area contributed by atoms with Gasteiger partial charge in [0, 0.05) is 24.0 Å². The Morgan fingerprint density at radius 2 is 1.94 bits per heavy atom. The maximum absolute atomic E-state index is 11.7. The number of fused-ring (bicyclic) bond motifs is 1. The van der Waals surface area contributed by atoms with Gasteiger partial charge in [-0.05, 0) is 85.4 Å². The molecule has 1 heterocycles. The van der Waals surface area contributed by atoms with Crippen LogP contribution in [0.1, 0.15) is 43.4 Å². The van der Waals surface area contributed by atoms with Crippen LogP contribution in [-0.4, -0.2) is 31.0 Å². The third kappa shape index (κ3) is 4.89. The molecule has 0 aliphatic carbocycles. The van der Waals surface area contributed by atoms with Gasteiger partial charge in [0.05, 0.1) is 24.7 Å². The normalized spacial score (nSPS) is 14.2. The number of carboxylic acids is 1. The number of carbonyl (C=O) groups excluding carboxylic acids is 1. The Morgan fingerprint density at radius 3 is 2.56 bits per heavy atom. The first-order chi connectivity index (χ1) is 15.3. The van der Waals surface area contributed by atoms with Gasteiger partial charge in [0.15, 0.2) is 0 Å². The van der Waals surface area contributed by atoms with Crippen molar-refractivity contribution in [3.05, 3.63) is 76.0 Å². The first-order valence-electron chi connectivity index (χ1n) is 10.4. The molecule has 1 aliphatic heterocycles. The van der Waals surface area contributed by atoms with Crippen molar-refractivity contribution in [1.29, 1.82) is 5.26 Å². The quantitative estimate of drug-likeness (QED) is 0.388. The number of aryl methyl sites for hydroxylation is 1. The van der Waals surface area contributed by atoms with Gasteiger partial charge in [-0.25, -0.2) is 0 Å². The average Bonchev–Trinajstić information content (AvgIpc) is 2.82. The number of nitrogens with zero attached hydrogens (tertiary/aromatic N) is 2. The van der Waals surface area contributed by atoms with E-state index in [1.165, 1.54) is 0 Å². The Hall–Kier alpha value is -3.85. The number of ether oxygens (including phenoxy) is 1. The minimum Gasteiger partial charge on any atom is -0.493 e. The lowest BCUT2D eigenvalue weighted by atomic mass is 9.88.